The molecule has 0 bridgehead atoms. The van der Waals surface area contributed by atoms with Gasteiger partial charge in [0, 0.05) is 35.9 Å². The maximum Gasteiger partial charge on any atom is 0.251 e. The van der Waals surface area contributed by atoms with E-state index in [0.717, 1.165) is 28.1 Å². The Hall–Kier alpha value is -3.84. The molecule has 2 N–H and O–H groups in total. The fourth-order valence-corrected chi connectivity index (χ4v) is 4.22. The van der Waals surface area contributed by atoms with Crippen molar-refractivity contribution < 1.29 is 9.59 Å². The topological polar surface area (TPSA) is 76.0 Å². The van der Waals surface area contributed by atoms with Gasteiger partial charge in [0.1, 0.15) is 0 Å². The van der Waals surface area contributed by atoms with Crippen LogP contribution in [0.2, 0.25) is 0 Å². The van der Waals surface area contributed by atoms with E-state index in [1.165, 1.54) is 11.8 Å². The minimum atomic E-state index is -0.126. The number of nitrogens with zero attached hydrogens (tertiary/aromatic N) is 2. The monoisotopic (exact) mass is 470 g/mol. The van der Waals surface area contributed by atoms with E-state index in [1.54, 1.807) is 18.3 Å². The fraction of sp³-hybridized carbons (Fsp3) is 0.148. The van der Waals surface area contributed by atoms with Gasteiger partial charge in [-0.3, -0.25) is 14.2 Å². The lowest BCUT2D eigenvalue weighted by atomic mass is 10.1. The van der Waals surface area contributed by atoms with Crippen LogP contribution in [0.3, 0.4) is 0 Å². The van der Waals surface area contributed by atoms with Crippen molar-refractivity contribution in [3.05, 3.63) is 107 Å². The molecule has 7 heteroatoms. The Bertz CT molecular complexity index is 1280. The standard InChI is InChI=1S/C27H26N4O2S/c1-19-7-6-10-24(20(19)2)30-25(32)18-34-27-28-15-16-31(27)23-13-11-22(12-14-23)26(33)29-17-21-8-4-3-5-9-21/h3-16H,17-18H2,1-2H3,(H,29,33)(H,30,32). The van der Waals surface area contributed by atoms with Crippen molar-refractivity contribution in [1.82, 2.24) is 14.9 Å². The summed E-state index contributed by atoms with van der Waals surface area (Å²) < 4.78 is 1.90. The number of aromatic nitrogens is 2. The summed E-state index contributed by atoms with van der Waals surface area (Å²) in [6.07, 6.45) is 3.54. The SMILES string of the molecule is Cc1cccc(NC(=O)CSc2nccn2-c2ccc(C(=O)NCc3ccccc3)cc2)c1C. The first-order valence-electron chi connectivity index (χ1n) is 11.0. The number of aryl methyl sites for hydroxylation is 1. The Morgan fingerprint density at radius 3 is 2.47 bits per heavy atom. The molecule has 0 aliphatic carbocycles. The summed E-state index contributed by atoms with van der Waals surface area (Å²) in [6.45, 7) is 4.50. The fourth-order valence-electron chi connectivity index (χ4n) is 3.45. The summed E-state index contributed by atoms with van der Waals surface area (Å²) in [4.78, 5) is 29.4. The highest BCUT2D eigenvalue weighted by Gasteiger charge is 2.12. The maximum absolute atomic E-state index is 12.5. The number of amides is 2. The molecular weight excluding hydrogens is 444 g/mol. The molecule has 4 aromatic rings. The van der Waals surface area contributed by atoms with Crippen LogP contribution >= 0.6 is 11.8 Å². The molecule has 2 amide bonds. The van der Waals surface area contributed by atoms with E-state index in [2.05, 4.69) is 15.6 Å². The Balaban J connectivity index is 1.35. The van der Waals surface area contributed by atoms with Gasteiger partial charge in [-0.2, -0.15) is 0 Å². The normalized spacial score (nSPS) is 10.6. The van der Waals surface area contributed by atoms with E-state index in [0.29, 0.717) is 17.3 Å². The van der Waals surface area contributed by atoms with Gasteiger partial charge in [0.15, 0.2) is 5.16 Å². The molecule has 0 atom stereocenters. The summed E-state index contributed by atoms with van der Waals surface area (Å²) in [6, 6.07) is 23.0. The Morgan fingerprint density at radius 2 is 1.71 bits per heavy atom. The second kappa shape index (κ2) is 10.9. The quantitative estimate of drug-likeness (QED) is 0.349. The van der Waals surface area contributed by atoms with Crippen molar-refractivity contribution >= 4 is 29.3 Å². The zero-order chi connectivity index (χ0) is 23.9. The molecule has 0 saturated heterocycles. The van der Waals surface area contributed by atoms with Crippen LogP contribution in [0, 0.1) is 13.8 Å². The second-order valence-corrected chi connectivity index (χ2v) is 8.82. The summed E-state index contributed by atoms with van der Waals surface area (Å²) >= 11 is 1.36. The van der Waals surface area contributed by atoms with Gasteiger partial charge < -0.3 is 10.6 Å². The summed E-state index contributed by atoms with van der Waals surface area (Å²) in [5.74, 6) is 0.0297. The van der Waals surface area contributed by atoms with E-state index in [1.807, 2.05) is 85.3 Å². The zero-order valence-electron chi connectivity index (χ0n) is 19.1. The molecule has 0 radical (unpaired) electrons. The van der Waals surface area contributed by atoms with Gasteiger partial charge in [-0.25, -0.2) is 4.98 Å². The Labute approximate surface area is 203 Å². The number of imidazole rings is 1. The summed E-state index contributed by atoms with van der Waals surface area (Å²) in [5.41, 5.74) is 5.54. The van der Waals surface area contributed by atoms with Crippen molar-refractivity contribution in [3.8, 4) is 5.69 Å². The average Bonchev–Trinajstić information content (AvgIpc) is 3.33. The van der Waals surface area contributed by atoms with Gasteiger partial charge >= 0.3 is 0 Å². The smallest absolute Gasteiger partial charge is 0.251 e. The van der Waals surface area contributed by atoms with Gasteiger partial charge in [-0.05, 0) is 60.9 Å². The van der Waals surface area contributed by atoms with E-state index < -0.39 is 0 Å². The van der Waals surface area contributed by atoms with Gasteiger partial charge in [-0.1, -0.05) is 54.2 Å². The third-order valence-electron chi connectivity index (χ3n) is 5.52. The number of carbonyl (C=O) groups is 2. The molecule has 1 heterocycles. The number of rotatable bonds is 8. The second-order valence-electron chi connectivity index (χ2n) is 7.88. The van der Waals surface area contributed by atoms with Crippen LogP contribution < -0.4 is 10.6 Å². The molecule has 1 aromatic heterocycles. The molecule has 172 valence electrons. The van der Waals surface area contributed by atoms with Crippen LogP contribution in [0.25, 0.3) is 5.69 Å². The number of anilines is 1. The predicted octanol–water partition coefficient (Wildman–Crippen LogP) is 5.15. The van der Waals surface area contributed by atoms with E-state index in [4.69, 9.17) is 0 Å². The highest BCUT2D eigenvalue weighted by Crippen LogP contribution is 2.22. The van der Waals surface area contributed by atoms with Crippen LogP contribution in [0.1, 0.15) is 27.0 Å². The Kier molecular flexibility index (Phi) is 7.44. The first kappa shape index (κ1) is 23.3. The summed E-state index contributed by atoms with van der Waals surface area (Å²) in [7, 11) is 0. The average molecular weight is 471 g/mol. The van der Waals surface area contributed by atoms with Gasteiger partial charge in [0.05, 0.1) is 5.75 Å². The third-order valence-corrected chi connectivity index (χ3v) is 6.49. The first-order chi connectivity index (χ1) is 16.5. The lowest BCUT2D eigenvalue weighted by Gasteiger charge is -2.11. The number of hydrogen-bond acceptors (Lipinski definition) is 4. The molecule has 0 aliphatic heterocycles. The van der Waals surface area contributed by atoms with Crippen LogP contribution in [0.5, 0.6) is 0 Å². The maximum atomic E-state index is 12.5. The largest absolute Gasteiger partial charge is 0.348 e. The molecule has 34 heavy (non-hydrogen) atoms. The molecule has 4 rings (SSSR count). The van der Waals surface area contributed by atoms with Crippen LogP contribution in [-0.4, -0.2) is 27.1 Å². The van der Waals surface area contributed by atoms with Crippen molar-refractivity contribution in [2.45, 2.75) is 25.5 Å². The summed E-state index contributed by atoms with van der Waals surface area (Å²) in [5, 5.41) is 6.62. The molecule has 3 aromatic carbocycles. The number of benzene rings is 3. The lowest BCUT2D eigenvalue weighted by molar-refractivity contribution is -0.113. The van der Waals surface area contributed by atoms with Gasteiger partial charge in [0.25, 0.3) is 5.91 Å². The Morgan fingerprint density at radius 1 is 0.941 bits per heavy atom. The molecule has 0 unspecified atom stereocenters. The van der Waals surface area contributed by atoms with E-state index >= 15 is 0 Å². The van der Waals surface area contributed by atoms with Crippen molar-refractivity contribution in [2.24, 2.45) is 0 Å². The number of hydrogen-bond donors (Lipinski definition) is 2. The van der Waals surface area contributed by atoms with Crippen molar-refractivity contribution in [3.63, 3.8) is 0 Å². The lowest BCUT2D eigenvalue weighted by Crippen LogP contribution is -2.22. The minimum Gasteiger partial charge on any atom is -0.348 e. The number of thioether (sulfide) groups is 1. The van der Waals surface area contributed by atoms with E-state index in [9.17, 15) is 9.59 Å². The van der Waals surface area contributed by atoms with Gasteiger partial charge in [0.2, 0.25) is 5.91 Å². The molecule has 6 nitrogen and oxygen atoms in total. The molecule has 0 saturated carbocycles. The molecular formula is C27H26N4O2S. The zero-order valence-corrected chi connectivity index (χ0v) is 19.9. The van der Waals surface area contributed by atoms with Crippen LogP contribution in [-0.2, 0) is 11.3 Å². The van der Waals surface area contributed by atoms with Crippen molar-refractivity contribution in [1.29, 1.82) is 0 Å². The predicted molar refractivity (Wildman–Crippen MR) is 136 cm³/mol. The van der Waals surface area contributed by atoms with Crippen molar-refractivity contribution in [2.75, 3.05) is 11.1 Å². The minimum absolute atomic E-state index is 0.0846. The first-order valence-corrected chi connectivity index (χ1v) is 11.9. The highest BCUT2D eigenvalue weighted by atomic mass is 32.2. The molecule has 0 fully saturated rings. The molecule has 0 aliphatic rings. The number of carbonyl (C=O) groups excluding carboxylic acids is 2. The van der Waals surface area contributed by atoms with Gasteiger partial charge in [-0.15, -0.1) is 0 Å². The number of nitrogens with one attached hydrogen (secondary N) is 2. The van der Waals surface area contributed by atoms with Crippen LogP contribution in [0.4, 0.5) is 5.69 Å². The highest BCUT2D eigenvalue weighted by molar-refractivity contribution is 7.99. The van der Waals surface area contributed by atoms with E-state index in [-0.39, 0.29) is 17.6 Å². The molecule has 0 spiro atoms. The third kappa shape index (κ3) is 5.74. The van der Waals surface area contributed by atoms with Crippen LogP contribution in [0.15, 0.2) is 90.3 Å².